The van der Waals surface area contributed by atoms with Crippen molar-refractivity contribution in [1.82, 2.24) is 10.2 Å². The van der Waals surface area contributed by atoms with Crippen molar-refractivity contribution in [2.75, 3.05) is 6.61 Å². The maximum absolute atomic E-state index is 13.6. The van der Waals surface area contributed by atoms with Crippen LogP contribution in [0.1, 0.15) is 49.8 Å². The summed E-state index contributed by atoms with van der Waals surface area (Å²) in [6.45, 7) is 6.78. The van der Waals surface area contributed by atoms with Gasteiger partial charge in [-0.15, -0.1) is 0 Å². The predicted molar refractivity (Wildman–Crippen MR) is 150 cm³/mol. The number of carbonyl (C=O) groups is 2. The van der Waals surface area contributed by atoms with E-state index in [9.17, 15) is 9.59 Å². The van der Waals surface area contributed by atoms with Crippen molar-refractivity contribution >= 4 is 23.4 Å². The Kier molecular flexibility index (Phi) is 11.0. The van der Waals surface area contributed by atoms with Crippen molar-refractivity contribution in [2.24, 2.45) is 0 Å². The van der Waals surface area contributed by atoms with Gasteiger partial charge in [0.15, 0.2) is 0 Å². The molecule has 2 amide bonds. The minimum Gasteiger partial charge on any atom is -0.494 e. The van der Waals surface area contributed by atoms with Crippen LogP contribution < -0.4 is 10.1 Å². The Balaban J connectivity index is 1.78. The zero-order chi connectivity index (χ0) is 26.6. The lowest BCUT2D eigenvalue weighted by atomic mass is 10.0. The minimum absolute atomic E-state index is 0.0150. The van der Waals surface area contributed by atoms with Crippen LogP contribution in [0.15, 0.2) is 78.9 Å². The van der Waals surface area contributed by atoms with Crippen molar-refractivity contribution in [3.8, 4) is 5.75 Å². The van der Waals surface area contributed by atoms with Gasteiger partial charge in [0.05, 0.1) is 6.61 Å². The average Bonchev–Trinajstić information content (AvgIpc) is 2.91. The molecule has 37 heavy (non-hydrogen) atoms. The lowest BCUT2D eigenvalue weighted by Crippen LogP contribution is -2.52. The van der Waals surface area contributed by atoms with Crippen LogP contribution >= 0.6 is 11.6 Å². The third kappa shape index (κ3) is 9.25. The van der Waals surface area contributed by atoms with Crippen LogP contribution in [-0.2, 0) is 22.6 Å². The number of rotatable bonds is 13. The molecule has 0 spiro atoms. The van der Waals surface area contributed by atoms with Crippen molar-refractivity contribution in [3.05, 3.63) is 101 Å². The molecule has 0 fully saturated rings. The van der Waals surface area contributed by atoms with Gasteiger partial charge in [0.2, 0.25) is 11.8 Å². The first-order valence-electron chi connectivity index (χ1n) is 12.9. The van der Waals surface area contributed by atoms with Crippen LogP contribution in [0, 0.1) is 6.92 Å². The molecular formula is C31H37ClN2O3. The van der Waals surface area contributed by atoms with Gasteiger partial charge in [-0.2, -0.15) is 0 Å². The van der Waals surface area contributed by atoms with E-state index in [0.29, 0.717) is 31.0 Å². The number of benzene rings is 3. The summed E-state index contributed by atoms with van der Waals surface area (Å²) < 4.78 is 5.83. The molecule has 1 N–H and O–H groups in total. The van der Waals surface area contributed by atoms with E-state index < -0.39 is 6.04 Å². The molecule has 5 nitrogen and oxygen atoms in total. The maximum atomic E-state index is 13.6. The fourth-order valence-corrected chi connectivity index (χ4v) is 4.10. The van der Waals surface area contributed by atoms with Crippen LogP contribution in [0.3, 0.4) is 0 Å². The first-order chi connectivity index (χ1) is 17.9. The SMILES string of the molecule is CCC(C)NC(=O)C(Cc1ccccc1)N(Cc1ccc(Cl)cc1)C(=O)CCCOc1ccc(C)cc1. The molecule has 3 aromatic rings. The van der Waals surface area contributed by atoms with Crippen molar-refractivity contribution in [1.29, 1.82) is 0 Å². The highest BCUT2D eigenvalue weighted by Crippen LogP contribution is 2.19. The summed E-state index contributed by atoms with van der Waals surface area (Å²) >= 11 is 6.09. The third-order valence-electron chi connectivity index (χ3n) is 6.36. The highest BCUT2D eigenvalue weighted by atomic mass is 35.5. The molecule has 0 saturated carbocycles. The summed E-state index contributed by atoms with van der Waals surface area (Å²) in [6, 6.07) is 24.5. The largest absolute Gasteiger partial charge is 0.494 e. The zero-order valence-corrected chi connectivity index (χ0v) is 22.7. The van der Waals surface area contributed by atoms with Crippen LogP contribution in [0.2, 0.25) is 5.02 Å². The van der Waals surface area contributed by atoms with Gasteiger partial charge in [-0.25, -0.2) is 0 Å². The summed E-state index contributed by atoms with van der Waals surface area (Å²) in [5.74, 6) is 0.560. The molecule has 3 aromatic carbocycles. The number of nitrogens with zero attached hydrogens (tertiary/aromatic N) is 1. The number of carbonyl (C=O) groups excluding carboxylic acids is 2. The second-order valence-corrected chi connectivity index (χ2v) is 9.87. The average molecular weight is 521 g/mol. The fourth-order valence-electron chi connectivity index (χ4n) is 3.97. The molecule has 0 aliphatic heterocycles. The first kappa shape index (κ1) is 28.3. The number of nitrogens with one attached hydrogen (secondary N) is 1. The van der Waals surface area contributed by atoms with Crippen LogP contribution in [0.25, 0.3) is 0 Å². The second kappa shape index (κ2) is 14.4. The topological polar surface area (TPSA) is 58.6 Å². The number of aryl methyl sites for hydroxylation is 1. The normalized spacial score (nSPS) is 12.4. The Morgan fingerprint density at radius 1 is 0.946 bits per heavy atom. The number of amides is 2. The number of halogens is 1. The van der Waals surface area contributed by atoms with E-state index in [1.165, 1.54) is 5.56 Å². The molecule has 2 unspecified atom stereocenters. The first-order valence-corrected chi connectivity index (χ1v) is 13.3. The summed E-state index contributed by atoms with van der Waals surface area (Å²) in [5.41, 5.74) is 3.09. The van der Waals surface area contributed by atoms with Crippen molar-refractivity contribution in [2.45, 2.75) is 65.1 Å². The molecule has 0 aromatic heterocycles. The van der Waals surface area contributed by atoms with Gasteiger partial charge < -0.3 is 15.0 Å². The second-order valence-electron chi connectivity index (χ2n) is 9.44. The highest BCUT2D eigenvalue weighted by Gasteiger charge is 2.30. The molecular weight excluding hydrogens is 484 g/mol. The number of hydrogen-bond donors (Lipinski definition) is 1. The van der Waals surface area contributed by atoms with Gasteiger partial charge >= 0.3 is 0 Å². The van der Waals surface area contributed by atoms with Gasteiger partial charge in [0.25, 0.3) is 0 Å². The number of ether oxygens (including phenoxy) is 1. The van der Waals surface area contributed by atoms with Crippen molar-refractivity contribution in [3.63, 3.8) is 0 Å². The van der Waals surface area contributed by atoms with E-state index in [0.717, 1.165) is 23.3 Å². The van der Waals surface area contributed by atoms with E-state index in [1.54, 1.807) is 17.0 Å². The molecule has 3 rings (SSSR count). The molecule has 2 atom stereocenters. The van der Waals surface area contributed by atoms with E-state index in [2.05, 4.69) is 5.32 Å². The molecule has 0 aliphatic rings. The lowest BCUT2D eigenvalue weighted by Gasteiger charge is -2.32. The lowest BCUT2D eigenvalue weighted by molar-refractivity contribution is -0.141. The Bertz CT molecular complexity index is 1120. The standard InChI is InChI=1S/C31H37ClN2O3/c1-4-24(3)33-31(36)29(21-25-9-6-5-7-10-25)34(22-26-14-16-27(32)17-15-26)30(35)11-8-20-37-28-18-12-23(2)13-19-28/h5-7,9-10,12-19,24,29H,4,8,11,20-22H2,1-3H3,(H,33,36). The summed E-state index contributed by atoms with van der Waals surface area (Å²) in [5, 5.41) is 3.72. The quantitative estimate of drug-likeness (QED) is 0.267. The minimum atomic E-state index is -0.641. The Morgan fingerprint density at radius 2 is 1.62 bits per heavy atom. The smallest absolute Gasteiger partial charge is 0.243 e. The summed E-state index contributed by atoms with van der Waals surface area (Å²) in [6.07, 6.45) is 2.07. The monoisotopic (exact) mass is 520 g/mol. The fraction of sp³-hybridized carbons (Fsp3) is 0.355. The van der Waals surface area contributed by atoms with E-state index in [4.69, 9.17) is 16.3 Å². The Morgan fingerprint density at radius 3 is 2.27 bits per heavy atom. The Labute approximate surface area is 225 Å². The molecule has 0 radical (unpaired) electrons. The van der Waals surface area contributed by atoms with Gasteiger partial charge in [0.1, 0.15) is 11.8 Å². The van der Waals surface area contributed by atoms with Crippen molar-refractivity contribution < 1.29 is 14.3 Å². The predicted octanol–water partition coefficient (Wildman–Crippen LogP) is 6.36. The van der Waals surface area contributed by atoms with Gasteiger partial charge in [-0.05, 0) is 62.1 Å². The number of hydrogen-bond acceptors (Lipinski definition) is 3. The Hall–Kier alpha value is -3.31. The third-order valence-corrected chi connectivity index (χ3v) is 6.61. The zero-order valence-electron chi connectivity index (χ0n) is 22.0. The molecule has 6 heteroatoms. The van der Waals surface area contributed by atoms with E-state index >= 15 is 0 Å². The molecule has 0 aliphatic carbocycles. The molecule has 0 heterocycles. The van der Waals surface area contributed by atoms with Gasteiger partial charge in [-0.1, -0.05) is 78.7 Å². The van der Waals surface area contributed by atoms with Gasteiger partial charge in [0, 0.05) is 30.5 Å². The van der Waals surface area contributed by atoms with Gasteiger partial charge in [-0.3, -0.25) is 9.59 Å². The molecule has 0 saturated heterocycles. The van der Waals surface area contributed by atoms with Crippen LogP contribution in [0.4, 0.5) is 0 Å². The van der Waals surface area contributed by atoms with Crippen LogP contribution in [0.5, 0.6) is 5.75 Å². The van der Waals surface area contributed by atoms with E-state index in [1.807, 2.05) is 87.5 Å². The summed E-state index contributed by atoms with van der Waals surface area (Å²) in [4.78, 5) is 28.8. The molecule has 196 valence electrons. The van der Waals surface area contributed by atoms with E-state index in [-0.39, 0.29) is 24.3 Å². The molecule has 0 bridgehead atoms. The van der Waals surface area contributed by atoms with Crippen LogP contribution in [-0.4, -0.2) is 35.4 Å². The maximum Gasteiger partial charge on any atom is 0.243 e. The summed E-state index contributed by atoms with van der Waals surface area (Å²) in [7, 11) is 0. The highest BCUT2D eigenvalue weighted by molar-refractivity contribution is 6.30.